The lowest BCUT2D eigenvalue weighted by Crippen LogP contribution is -2.29. The first kappa shape index (κ1) is 18.7. The first-order valence-electron chi connectivity index (χ1n) is 8.41. The molecule has 2 aromatic heterocycles. The second kappa shape index (κ2) is 8.51. The van der Waals surface area contributed by atoms with Crippen LogP contribution < -0.4 is 5.32 Å². The Morgan fingerprint density at radius 2 is 2.12 bits per heavy atom. The number of nitrogens with one attached hydrogen (secondary N) is 1. The van der Waals surface area contributed by atoms with Crippen LogP contribution in [0.25, 0.3) is 0 Å². The van der Waals surface area contributed by atoms with Crippen LogP contribution in [0.3, 0.4) is 0 Å². The van der Waals surface area contributed by atoms with Crippen molar-refractivity contribution in [2.45, 2.75) is 37.2 Å². The minimum absolute atomic E-state index is 0.00647. The SMILES string of the molecule is Cc1ccccc1CSc1nnc(C(C)NC(=O)Cc2ccsc2)n1C. The topological polar surface area (TPSA) is 59.8 Å². The fraction of sp³-hybridized carbons (Fsp3) is 0.316. The quantitative estimate of drug-likeness (QED) is 0.626. The summed E-state index contributed by atoms with van der Waals surface area (Å²) in [6.45, 7) is 4.05. The van der Waals surface area contributed by atoms with Crippen LogP contribution in [0.4, 0.5) is 0 Å². The van der Waals surface area contributed by atoms with Crippen molar-refractivity contribution in [3.8, 4) is 0 Å². The van der Waals surface area contributed by atoms with Gasteiger partial charge >= 0.3 is 0 Å². The molecule has 0 saturated carbocycles. The molecule has 5 nitrogen and oxygen atoms in total. The first-order valence-corrected chi connectivity index (χ1v) is 10.3. The van der Waals surface area contributed by atoms with Crippen LogP contribution in [-0.4, -0.2) is 20.7 Å². The molecule has 0 saturated heterocycles. The van der Waals surface area contributed by atoms with E-state index in [0.29, 0.717) is 6.42 Å². The summed E-state index contributed by atoms with van der Waals surface area (Å²) in [7, 11) is 1.94. The summed E-state index contributed by atoms with van der Waals surface area (Å²) in [5, 5.41) is 16.4. The smallest absolute Gasteiger partial charge is 0.225 e. The van der Waals surface area contributed by atoms with Crippen molar-refractivity contribution in [1.29, 1.82) is 0 Å². The molecule has 0 radical (unpaired) electrons. The van der Waals surface area contributed by atoms with Crippen LogP contribution in [0.2, 0.25) is 0 Å². The van der Waals surface area contributed by atoms with Crippen molar-refractivity contribution in [2.24, 2.45) is 7.05 Å². The summed E-state index contributed by atoms with van der Waals surface area (Å²) in [4.78, 5) is 12.2. The summed E-state index contributed by atoms with van der Waals surface area (Å²) in [6.07, 6.45) is 0.389. The fourth-order valence-electron chi connectivity index (χ4n) is 2.68. The monoisotopic (exact) mass is 386 g/mol. The maximum atomic E-state index is 12.2. The molecule has 3 rings (SSSR count). The third kappa shape index (κ3) is 4.53. The van der Waals surface area contributed by atoms with Gasteiger partial charge in [-0.15, -0.1) is 10.2 Å². The van der Waals surface area contributed by atoms with Crippen molar-refractivity contribution in [1.82, 2.24) is 20.1 Å². The van der Waals surface area contributed by atoms with Crippen molar-refractivity contribution in [3.05, 3.63) is 63.6 Å². The molecule has 1 unspecified atom stereocenters. The maximum absolute atomic E-state index is 12.2. The standard InChI is InChI=1S/C19H22N4OS2/c1-13-6-4-5-7-16(13)12-26-19-22-21-18(23(19)3)14(2)20-17(24)10-15-8-9-25-11-15/h4-9,11,14H,10,12H2,1-3H3,(H,20,24). The van der Waals surface area contributed by atoms with E-state index in [-0.39, 0.29) is 11.9 Å². The van der Waals surface area contributed by atoms with E-state index in [4.69, 9.17) is 0 Å². The Morgan fingerprint density at radius 3 is 2.85 bits per heavy atom. The molecular formula is C19H22N4OS2. The first-order chi connectivity index (χ1) is 12.5. The van der Waals surface area contributed by atoms with Crippen LogP contribution >= 0.6 is 23.1 Å². The summed E-state index contributed by atoms with van der Waals surface area (Å²) in [5.74, 6) is 1.60. The lowest BCUT2D eigenvalue weighted by atomic mass is 10.1. The van der Waals surface area contributed by atoms with Gasteiger partial charge in [-0.25, -0.2) is 0 Å². The van der Waals surface area contributed by atoms with Gasteiger partial charge in [-0.2, -0.15) is 11.3 Å². The number of thioether (sulfide) groups is 1. The number of amides is 1. The predicted octanol–water partition coefficient (Wildman–Crippen LogP) is 3.90. The second-order valence-electron chi connectivity index (χ2n) is 6.21. The Hall–Kier alpha value is -2.12. The number of aromatic nitrogens is 3. The number of rotatable bonds is 7. The Balaban J connectivity index is 1.60. The number of thiophene rings is 1. The molecule has 1 atom stereocenters. The highest BCUT2D eigenvalue weighted by Gasteiger charge is 2.18. The zero-order valence-electron chi connectivity index (χ0n) is 15.1. The number of carbonyl (C=O) groups is 1. The zero-order valence-corrected chi connectivity index (χ0v) is 16.7. The molecule has 7 heteroatoms. The molecule has 136 valence electrons. The molecule has 1 amide bonds. The van der Waals surface area contributed by atoms with Crippen LogP contribution in [0, 0.1) is 6.92 Å². The Morgan fingerprint density at radius 1 is 1.31 bits per heavy atom. The van der Waals surface area contributed by atoms with Gasteiger partial charge in [0.05, 0.1) is 12.5 Å². The number of hydrogen-bond donors (Lipinski definition) is 1. The van der Waals surface area contributed by atoms with E-state index in [9.17, 15) is 4.79 Å². The van der Waals surface area contributed by atoms with Crippen molar-refractivity contribution in [3.63, 3.8) is 0 Å². The van der Waals surface area contributed by atoms with Gasteiger partial charge in [0.1, 0.15) is 0 Å². The van der Waals surface area contributed by atoms with Crippen molar-refractivity contribution in [2.75, 3.05) is 0 Å². The van der Waals surface area contributed by atoms with Crippen LogP contribution in [0.1, 0.15) is 35.5 Å². The Kier molecular flexibility index (Phi) is 6.11. The van der Waals surface area contributed by atoms with Gasteiger partial charge in [0.2, 0.25) is 5.91 Å². The molecule has 1 N–H and O–H groups in total. The molecular weight excluding hydrogens is 364 g/mol. The van der Waals surface area contributed by atoms with Crippen LogP contribution in [0.5, 0.6) is 0 Å². The average Bonchev–Trinajstić information content (AvgIpc) is 3.24. The van der Waals surface area contributed by atoms with Gasteiger partial charge in [-0.05, 0) is 47.4 Å². The molecule has 0 aliphatic heterocycles. The van der Waals surface area contributed by atoms with Crippen molar-refractivity contribution >= 4 is 29.0 Å². The minimum atomic E-state index is -0.188. The third-order valence-electron chi connectivity index (χ3n) is 4.20. The number of aryl methyl sites for hydroxylation is 1. The second-order valence-corrected chi connectivity index (χ2v) is 7.94. The molecule has 1 aromatic carbocycles. The van der Waals surface area contributed by atoms with E-state index in [1.54, 1.807) is 23.1 Å². The molecule has 26 heavy (non-hydrogen) atoms. The highest BCUT2D eigenvalue weighted by Crippen LogP contribution is 2.24. The maximum Gasteiger partial charge on any atom is 0.225 e. The van der Waals surface area contributed by atoms with Gasteiger partial charge in [-0.1, -0.05) is 36.0 Å². The lowest BCUT2D eigenvalue weighted by molar-refractivity contribution is -0.121. The van der Waals surface area contributed by atoms with E-state index in [2.05, 4.69) is 40.6 Å². The lowest BCUT2D eigenvalue weighted by Gasteiger charge is -2.13. The van der Waals surface area contributed by atoms with E-state index in [1.807, 2.05) is 41.4 Å². The van der Waals surface area contributed by atoms with Crippen LogP contribution in [0.15, 0.2) is 46.2 Å². The van der Waals surface area contributed by atoms with Gasteiger partial charge in [0, 0.05) is 12.8 Å². The molecule has 0 fully saturated rings. The fourth-order valence-corrected chi connectivity index (χ4v) is 4.34. The van der Waals surface area contributed by atoms with Crippen LogP contribution in [-0.2, 0) is 24.0 Å². The number of carbonyl (C=O) groups excluding carboxylic acids is 1. The molecule has 0 aliphatic rings. The summed E-state index contributed by atoms with van der Waals surface area (Å²) in [5.41, 5.74) is 3.60. The molecule has 0 aliphatic carbocycles. The molecule has 2 heterocycles. The van der Waals surface area contributed by atoms with Crippen molar-refractivity contribution < 1.29 is 4.79 Å². The predicted molar refractivity (Wildman–Crippen MR) is 106 cm³/mol. The number of nitrogens with zero attached hydrogens (tertiary/aromatic N) is 3. The van der Waals surface area contributed by atoms with E-state index < -0.39 is 0 Å². The molecule has 0 bridgehead atoms. The Labute approximate surface area is 161 Å². The van der Waals surface area contributed by atoms with E-state index in [1.165, 1.54) is 11.1 Å². The zero-order chi connectivity index (χ0) is 18.5. The van der Waals surface area contributed by atoms with Gasteiger partial charge in [0.25, 0.3) is 0 Å². The number of benzene rings is 1. The number of hydrogen-bond acceptors (Lipinski definition) is 5. The molecule has 3 aromatic rings. The third-order valence-corrected chi connectivity index (χ3v) is 6.00. The highest BCUT2D eigenvalue weighted by atomic mass is 32.2. The molecule has 0 spiro atoms. The van der Waals surface area contributed by atoms with Gasteiger partial charge in [-0.3, -0.25) is 4.79 Å². The van der Waals surface area contributed by atoms with E-state index in [0.717, 1.165) is 22.3 Å². The summed E-state index contributed by atoms with van der Waals surface area (Å²) < 4.78 is 1.96. The van der Waals surface area contributed by atoms with E-state index >= 15 is 0 Å². The average molecular weight is 387 g/mol. The normalized spacial score (nSPS) is 12.1. The van der Waals surface area contributed by atoms with Gasteiger partial charge < -0.3 is 9.88 Å². The highest BCUT2D eigenvalue weighted by molar-refractivity contribution is 7.98. The summed E-state index contributed by atoms with van der Waals surface area (Å²) in [6, 6.07) is 10.1. The summed E-state index contributed by atoms with van der Waals surface area (Å²) >= 11 is 3.25. The Bertz CT molecular complexity index is 874. The van der Waals surface area contributed by atoms with Gasteiger partial charge in [0.15, 0.2) is 11.0 Å². The minimum Gasteiger partial charge on any atom is -0.346 e. The largest absolute Gasteiger partial charge is 0.346 e.